The Morgan fingerprint density at radius 2 is 1.72 bits per heavy atom. The number of nitrogens with zero attached hydrogens (tertiary/aromatic N) is 2. The molecule has 7 heteroatoms. The molecule has 0 saturated heterocycles. The highest BCUT2D eigenvalue weighted by molar-refractivity contribution is 6.31. The van der Waals surface area contributed by atoms with Gasteiger partial charge in [0.05, 0.1) is 22.3 Å². The van der Waals surface area contributed by atoms with E-state index in [1.807, 2.05) is 30.3 Å². The Balaban J connectivity index is 1.64. The van der Waals surface area contributed by atoms with Crippen LogP contribution in [0.15, 0.2) is 65.8 Å². The van der Waals surface area contributed by atoms with Crippen LogP contribution in [0.4, 0.5) is 4.39 Å². The molecule has 0 amide bonds. The lowest BCUT2D eigenvalue weighted by Crippen LogP contribution is -2.34. The molecular formula is C22H14Cl3FN2O. The molecule has 2 aliphatic heterocycles. The summed E-state index contributed by atoms with van der Waals surface area (Å²) in [5, 5.41) is 8.12. The van der Waals surface area contributed by atoms with Gasteiger partial charge in [0.15, 0.2) is 0 Å². The third kappa shape index (κ3) is 3.25. The Bertz CT molecular complexity index is 1110. The van der Waals surface area contributed by atoms with Crippen molar-refractivity contribution < 1.29 is 9.13 Å². The summed E-state index contributed by atoms with van der Waals surface area (Å²) in [7, 11) is 0. The Morgan fingerprint density at radius 3 is 2.48 bits per heavy atom. The summed E-state index contributed by atoms with van der Waals surface area (Å²) in [6.07, 6.45) is -0.159. The molecule has 3 aromatic carbocycles. The van der Waals surface area contributed by atoms with Crippen molar-refractivity contribution in [1.82, 2.24) is 5.01 Å². The molecule has 0 radical (unpaired) electrons. The van der Waals surface area contributed by atoms with Gasteiger partial charge in [-0.15, -0.1) is 0 Å². The van der Waals surface area contributed by atoms with E-state index >= 15 is 0 Å². The van der Waals surface area contributed by atoms with E-state index in [2.05, 4.69) is 0 Å². The van der Waals surface area contributed by atoms with Gasteiger partial charge in [0.1, 0.15) is 11.6 Å². The van der Waals surface area contributed by atoms with Crippen LogP contribution in [0.2, 0.25) is 15.1 Å². The Labute approximate surface area is 182 Å². The number of ether oxygens (including phenoxy) is 1. The lowest BCUT2D eigenvalue weighted by molar-refractivity contribution is -0.0211. The maximum atomic E-state index is 14.7. The zero-order valence-corrected chi connectivity index (χ0v) is 17.2. The maximum Gasteiger partial charge on any atom is 0.218 e. The van der Waals surface area contributed by atoms with Crippen LogP contribution in [0.5, 0.6) is 5.75 Å². The number of hydrogen-bond donors (Lipinski definition) is 0. The van der Waals surface area contributed by atoms with E-state index in [1.54, 1.807) is 29.3 Å². The van der Waals surface area contributed by atoms with Crippen molar-refractivity contribution in [2.45, 2.75) is 18.7 Å². The molecule has 0 aliphatic carbocycles. The Kier molecular flexibility index (Phi) is 4.66. The minimum Gasteiger partial charge on any atom is -0.464 e. The van der Waals surface area contributed by atoms with Crippen LogP contribution in [-0.2, 0) is 0 Å². The van der Waals surface area contributed by atoms with Crippen molar-refractivity contribution in [2.24, 2.45) is 5.10 Å². The van der Waals surface area contributed by atoms with Gasteiger partial charge < -0.3 is 4.74 Å². The van der Waals surface area contributed by atoms with E-state index in [1.165, 1.54) is 6.07 Å². The molecule has 3 nitrogen and oxygen atoms in total. The van der Waals surface area contributed by atoms with Gasteiger partial charge in [0.2, 0.25) is 6.23 Å². The van der Waals surface area contributed by atoms with E-state index in [-0.39, 0.29) is 11.6 Å². The van der Waals surface area contributed by atoms with Crippen molar-refractivity contribution in [1.29, 1.82) is 0 Å². The van der Waals surface area contributed by atoms with Crippen LogP contribution >= 0.6 is 34.8 Å². The fraction of sp³-hybridized carbons (Fsp3) is 0.136. The monoisotopic (exact) mass is 446 g/mol. The molecule has 2 heterocycles. The smallest absolute Gasteiger partial charge is 0.218 e. The van der Waals surface area contributed by atoms with Crippen molar-refractivity contribution in [3.05, 3.63) is 98.2 Å². The summed E-state index contributed by atoms with van der Waals surface area (Å²) in [6, 6.07) is 17.4. The normalized spacial score (nSPS) is 20.0. The van der Waals surface area contributed by atoms with Gasteiger partial charge in [0, 0.05) is 22.0 Å². The lowest BCUT2D eigenvalue weighted by atomic mass is 9.96. The molecule has 146 valence electrons. The van der Waals surface area contributed by atoms with Crippen molar-refractivity contribution in [2.75, 3.05) is 0 Å². The first-order valence-electron chi connectivity index (χ1n) is 9.03. The minimum atomic E-state index is -0.785. The molecule has 3 aromatic rings. The molecule has 0 aromatic heterocycles. The topological polar surface area (TPSA) is 24.8 Å². The molecule has 2 aliphatic rings. The van der Waals surface area contributed by atoms with Gasteiger partial charge in [-0.25, -0.2) is 9.40 Å². The van der Waals surface area contributed by atoms with Crippen LogP contribution in [0.3, 0.4) is 0 Å². The molecule has 0 bridgehead atoms. The first-order chi connectivity index (χ1) is 14.0. The summed E-state index contributed by atoms with van der Waals surface area (Å²) in [5.41, 5.74) is 2.99. The quantitative estimate of drug-likeness (QED) is 0.421. The zero-order chi connectivity index (χ0) is 20.1. The minimum absolute atomic E-state index is 0.149. The van der Waals surface area contributed by atoms with E-state index in [0.717, 1.165) is 16.8 Å². The summed E-state index contributed by atoms with van der Waals surface area (Å²) in [6.45, 7) is 0. The standard InChI is InChI=1S/C22H14Cl3FN2O/c23-13-6-4-12(5-7-13)18-11-19-15-10-14(24)8-9-20(15)29-22(28(19)27-18)21-16(25)2-1-3-17(21)26/h1-10,19,22H,11H2/t19-,22+/m0/s1. The zero-order valence-electron chi connectivity index (χ0n) is 14.9. The number of hydrazone groups is 1. The molecule has 0 N–H and O–H groups in total. The Hall–Kier alpha value is -2.27. The van der Waals surface area contributed by atoms with Crippen LogP contribution in [0, 0.1) is 5.82 Å². The largest absolute Gasteiger partial charge is 0.464 e. The number of fused-ring (bicyclic) bond motifs is 3. The lowest BCUT2D eigenvalue weighted by Gasteiger charge is -2.38. The number of rotatable bonds is 2. The maximum absolute atomic E-state index is 14.7. The van der Waals surface area contributed by atoms with Gasteiger partial charge in [-0.05, 0) is 48.0 Å². The number of benzene rings is 3. The Morgan fingerprint density at radius 1 is 0.966 bits per heavy atom. The molecular weight excluding hydrogens is 434 g/mol. The first kappa shape index (κ1) is 18.7. The van der Waals surface area contributed by atoms with Crippen LogP contribution < -0.4 is 4.74 Å². The van der Waals surface area contributed by atoms with E-state index in [0.29, 0.717) is 27.2 Å². The van der Waals surface area contributed by atoms with Gasteiger partial charge in [-0.3, -0.25) is 0 Å². The second kappa shape index (κ2) is 7.21. The highest BCUT2D eigenvalue weighted by atomic mass is 35.5. The summed E-state index contributed by atoms with van der Waals surface area (Å²) < 4.78 is 20.9. The molecule has 0 spiro atoms. The van der Waals surface area contributed by atoms with E-state index < -0.39 is 12.0 Å². The molecule has 2 atom stereocenters. The molecule has 29 heavy (non-hydrogen) atoms. The summed E-state index contributed by atoms with van der Waals surface area (Å²) >= 11 is 18.6. The van der Waals surface area contributed by atoms with Crippen molar-refractivity contribution in [3.8, 4) is 5.75 Å². The average molecular weight is 448 g/mol. The van der Waals surface area contributed by atoms with Gasteiger partial charge in [0.25, 0.3) is 0 Å². The molecule has 0 unspecified atom stereocenters. The van der Waals surface area contributed by atoms with Gasteiger partial charge in [-0.2, -0.15) is 5.10 Å². The number of hydrogen-bond acceptors (Lipinski definition) is 3. The molecule has 0 saturated carbocycles. The van der Waals surface area contributed by atoms with Crippen LogP contribution in [-0.4, -0.2) is 10.7 Å². The highest BCUT2D eigenvalue weighted by Crippen LogP contribution is 2.49. The second-order valence-corrected chi connectivity index (χ2v) is 8.22. The SMILES string of the molecule is Fc1cccc(Cl)c1[C@H]1Oc2ccc(Cl)cc2[C@@H]2CC(c3ccc(Cl)cc3)=NN12. The number of halogens is 4. The fourth-order valence-electron chi connectivity index (χ4n) is 3.81. The van der Waals surface area contributed by atoms with Gasteiger partial charge >= 0.3 is 0 Å². The van der Waals surface area contributed by atoms with Crippen LogP contribution in [0.1, 0.15) is 35.4 Å². The third-order valence-corrected chi connectivity index (χ3v) is 5.99. The van der Waals surface area contributed by atoms with Crippen molar-refractivity contribution >= 4 is 40.5 Å². The fourth-order valence-corrected chi connectivity index (χ4v) is 4.37. The predicted octanol–water partition coefficient (Wildman–Crippen LogP) is 7.03. The van der Waals surface area contributed by atoms with E-state index in [9.17, 15) is 4.39 Å². The van der Waals surface area contributed by atoms with E-state index in [4.69, 9.17) is 44.6 Å². The van der Waals surface area contributed by atoms with Crippen LogP contribution in [0.25, 0.3) is 0 Å². The van der Waals surface area contributed by atoms with Crippen molar-refractivity contribution in [3.63, 3.8) is 0 Å². The second-order valence-electron chi connectivity index (χ2n) is 6.94. The molecule has 5 rings (SSSR count). The molecule has 0 fully saturated rings. The average Bonchev–Trinajstić information content (AvgIpc) is 3.14. The van der Waals surface area contributed by atoms with Gasteiger partial charge in [-0.1, -0.05) is 53.0 Å². The summed E-state index contributed by atoms with van der Waals surface area (Å²) in [4.78, 5) is 0. The third-order valence-electron chi connectivity index (χ3n) is 5.18. The predicted molar refractivity (Wildman–Crippen MR) is 113 cm³/mol. The first-order valence-corrected chi connectivity index (χ1v) is 10.2. The highest BCUT2D eigenvalue weighted by Gasteiger charge is 2.42. The summed E-state index contributed by atoms with van der Waals surface area (Å²) in [5.74, 6) is 0.210.